The van der Waals surface area contributed by atoms with Crippen LogP contribution in [-0.2, 0) is 0 Å². The van der Waals surface area contributed by atoms with Crippen molar-refractivity contribution >= 4 is 11.8 Å². The topological polar surface area (TPSA) is 95.3 Å². The highest BCUT2D eigenvalue weighted by molar-refractivity contribution is 5.92. The molecule has 1 aromatic rings. The van der Waals surface area contributed by atoms with Gasteiger partial charge in [-0.25, -0.2) is 14.8 Å². The third kappa shape index (κ3) is 3.16. The van der Waals surface area contributed by atoms with Gasteiger partial charge in [-0.3, -0.25) is 0 Å². The smallest absolute Gasteiger partial charge is 0.341 e. The summed E-state index contributed by atoms with van der Waals surface area (Å²) in [5, 5.41) is 21.4. The summed E-state index contributed by atoms with van der Waals surface area (Å²) >= 11 is 0. The molecule has 1 heterocycles. The number of carbonyl (C=O) groups is 1. The van der Waals surface area contributed by atoms with E-state index in [0.717, 1.165) is 12.8 Å². The third-order valence-corrected chi connectivity index (χ3v) is 3.41. The van der Waals surface area contributed by atoms with E-state index in [1.807, 2.05) is 13.8 Å². The molecule has 6 heteroatoms. The van der Waals surface area contributed by atoms with Crippen LogP contribution in [0.2, 0.25) is 0 Å². The number of anilines is 1. The van der Waals surface area contributed by atoms with E-state index >= 15 is 0 Å². The molecule has 0 atom stereocenters. The number of nitrogens with zero attached hydrogens (tertiary/aromatic N) is 2. The van der Waals surface area contributed by atoms with E-state index in [1.54, 1.807) is 0 Å². The van der Waals surface area contributed by atoms with Crippen molar-refractivity contribution < 1.29 is 15.0 Å². The molecule has 0 fully saturated rings. The Morgan fingerprint density at radius 1 is 1.44 bits per heavy atom. The summed E-state index contributed by atoms with van der Waals surface area (Å²) in [6, 6.07) is 0. The second kappa shape index (κ2) is 6.30. The summed E-state index contributed by atoms with van der Waals surface area (Å²) in [5.74, 6) is -0.780. The number of carboxylic acid groups (broad SMARTS) is 1. The monoisotopic (exact) mass is 253 g/mol. The maximum absolute atomic E-state index is 11.0. The fourth-order valence-electron chi connectivity index (χ4n) is 1.68. The van der Waals surface area contributed by atoms with Gasteiger partial charge in [0, 0.05) is 18.2 Å². The first-order valence-electron chi connectivity index (χ1n) is 5.96. The lowest BCUT2D eigenvalue weighted by molar-refractivity contribution is 0.0697. The number of nitrogens with one attached hydrogen (secondary N) is 1. The van der Waals surface area contributed by atoms with Gasteiger partial charge in [0.2, 0.25) is 0 Å². The SMILES string of the molecule is CCC(CC)(CO)CNc1ncncc1C(=O)O. The number of hydrogen-bond donors (Lipinski definition) is 3. The lowest BCUT2D eigenvalue weighted by Crippen LogP contribution is -2.33. The molecule has 1 rings (SSSR count). The molecule has 1 aromatic heterocycles. The predicted molar refractivity (Wildman–Crippen MR) is 67.6 cm³/mol. The van der Waals surface area contributed by atoms with E-state index in [4.69, 9.17) is 5.11 Å². The van der Waals surface area contributed by atoms with Crippen LogP contribution in [0.5, 0.6) is 0 Å². The molecule has 0 aliphatic rings. The van der Waals surface area contributed by atoms with E-state index in [9.17, 15) is 9.90 Å². The number of aliphatic hydroxyl groups excluding tert-OH is 1. The molecule has 100 valence electrons. The highest BCUT2D eigenvalue weighted by Gasteiger charge is 2.25. The maximum atomic E-state index is 11.0. The summed E-state index contributed by atoms with van der Waals surface area (Å²) in [6.07, 6.45) is 4.17. The first kappa shape index (κ1) is 14.4. The highest BCUT2D eigenvalue weighted by Crippen LogP contribution is 2.26. The average molecular weight is 253 g/mol. The molecular formula is C12H19N3O3. The molecular weight excluding hydrogens is 234 g/mol. The van der Waals surface area contributed by atoms with Gasteiger partial charge >= 0.3 is 5.97 Å². The first-order valence-corrected chi connectivity index (χ1v) is 5.96. The molecule has 0 bridgehead atoms. The van der Waals surface area contributed by atoms with Crippen molar-refractivity contribution in [2.24, 2.45) is 5.41 Å². The van der Waals surface area contributed by atoms with Gasteiger partial charge in [-0.1, -0.05) is 13.8 Å². The maximum Gasteiger partial charge on any atom is 0.341 e. The molecule has 0 aromatic carbocycles. The van der Waals surface area contributed by atoms with Gasteiger partial charge in [-0.05, 0) is 12.8 Å². The van der Waals surface area contributed by atoms with Gasteiger partial charge in [0.15, 0.2) is 0 Å². The predicted octanol–water partition coefficient (Wildman–Crippen LogP) is 1.39. The van der Waals surface area contributed by atoms with Gasteiger partial charge in [0.25, 0.3) is 0 Å². The summed E-state index contributed by atoms with van der Waals surface area (Å²) < 4.78 is 0. The zero-order valence-corrected chi connectivity index (χ0v) is 10.7. The Labute approximate surface area is 106 Å². The van der Waals surface area contributed by atoms with Crippen LogP contribution < -0.4 is 5.32 Å². The first-order chi connectivity index (χ1) is 8.58. The second-order valence-electron chi connectivity index (χ2n) is 4.31. The molecule has 0 spiro atoms. The van der Waals surface area contributed by atoms with Gasteiger partial charge < -0.3 is 15.5 Å². The zero-order valence-electron chi connectivity index (χ0n) is 10.7. The van der Waals surface area contributed by atoms with Crippen molar-refractivity contribution in [3.8, 4) is 0 Å². The Bertz CT molecular complexity index is 397. The molecule has 0 unspecified atom stereocenters. The van der Waals surface area contributed by atoms with Crippen molar-refractivity contribution in [2.75, 3.05) is 18.5 Å². The van der Waals surface area contributed by atoms with Crippen LogP contribution >= 0.6 is 0 Å². The molecule has 0 amide bonds. The Hall–Kier alpha value is -1.69. The van der Waals surface area contributed by atoms with E-state index in [0.29, 0.717) is 6.54 Å². The van der Waals surface area contributed by atoms with Crippen LogP contribution in [0.4, 0.5) is 5.82 Å². The molecule has 6 nitrogen and oxygen atoms in total. The Morgan fingerprint density at radius 3 is 2.61 bits per heavy atom. The normalized spacial score (nSPS) is 11.3. The van der Waals surface area contributed by atoms with E-state index in [-0.39, 0.29) is 23.4 Å². The number of rotatable bonds is 7. The average Bonchev–Trinajstić information content (AvgIpc) is 2.41. The Morgan fingerprint density at radius 2 is 2.11 bits per heavy atom. The van der Waals surface area contributed by atoms with Gasteiger partial charge in [-0.2, -0.15) is 0 Å². The van der Waals surface area contributed by atoms with Crippen LogP contribution in [0.1, 0.15) is 37.0 Å². The minimum Gasteiger partial charge on any atom is -0.477 e. The Kier molecular flexibility index (Phi) is 5.03. The minimum absolute atomic E-state index is 0.0385. The lowest BCUT2D eigenvalue weighted by atomic mass is 9.83. The molecule has 3 N–H and O–H groups in total. The van der Waals surface area contributed by atoms with Crippen LogP contribution in [0.15, 0.2) is 12.5 Å². The quantitative estimate of drug-likeness (QED) is 0.679. The number of aromatic nitrogens is 2. The molecule has 0 radical (unpaired) electrons. The lowest BCUT2D eigenvalue weighted by Gasteiger charge is -2.29. The molecule has 0 aliphatic heterocycles. The minimum atomic E-state index is -1.07. The molecule has 0 aliphatic carbocycles. The van der Waals surface area contributed by atoms with Gasteiger partial charge in [0.05, 0.1) is 6.61 Å². The molecule has 18 heavy (non-hydrogen) atoms. The fourth-order valence-corrected chi connectivity index (χ4v) is 1.68. The van der Waals surface area contributed by atoms with Crippen molar-refractivity contribution in [1.82, 2.24) is 9.97 Å². The van der Waals surface area contributed by atoms with Gasteiger partial charge in [-0.15, -0.1) is 0 Å². The van der Waals surface area contributed by atoms with Crippen LogP contribution in [0, 0.1) is 5.41 Å². The summed E-state index contributed by atoms with van der Waals surface area (Å²) in [7, 11) is 0. The van der Waals surface area contributed by atoms with Crippen molar-refractivity contribution in [3.63, 3.8) is 0 Å². The van der Waals surface area contributed by atoms with E-state index in [2.05, 4.69) is 15.3 Å². The number of carboxylic acids is 1. The second-order valence-corrected chi connectivity index (χ2v) is 4.31. The summed E-state index contributed by atoms with van der Waals surface area (Å²) in [4.78, 5) is 18.6. The van der Waals surface area contributed by atoms with Crippen molar-refractivity contribution in [3.05, 3.63) is 18.1 Å². The summed E-state index contributed by atoms with van der Waals surface area (Å²) in [6.45, 7) is 4.53. The number of hydrogen-bond acceptors (Lipinski definition) is 5. The zero-order chi connectivity index (χ0) is 13.6. The largest absolute Gasteiger partial charge is 0.477 e. The van der Waals surface area contributed by atoms with E-state index < -0.39 is 5.97 Å². The van der Waals surface area contributed by atoms with Gasteiger partial charge in [0.1, 0.15) is 17.7 Å². The molecule has 0 saturated heterocycles. The fraction of sp³-hybridized carbons (Fsp3) is 0.583. The van der Waals surface area contributed by atoms with E-state index in [1.165, 1.54) is 12.5 Å². The number of aliphatic hydroxyl groups is 1. The van der Waals surface area contributed by atoms with Crippen molar-refractivity contribution in [1.29, 1.82) is 0 Å². The summed E-state index contributed by atoms with van der Waals surface area (Å²) in [5.41, 5.74) is -0.211. The van der Waals surface area contributed by atoms with Crippen LogP contribution in [-0.4, -0.2) is 39.3 Å². The highest BCUT2D eigenvalue weighted by atomic mass is 16.4. The number of aromatic carboxylic acids is 1. The molecule has 0 saturated carbocycles. The van der Waals surface area contributed by atoms with Crippen molar-refractivity contribution in [2.45, 2.75) is 26.7 Å². The third-order valence-electron chi connectivity index (χ3n) is 3.41. The van der Waals surface area contributed by atoms with Crippen LogP contribution in [0.3, 0.4) is 0 Å². The standard InChI is InChI=1S/C12H19N3O3/c1-3-12(4-2,7-16)6-14-10-9(11(17)18)5-13-8-15-10/h5,8,16H,3-4,6-7H2,1-2H3,(H,17,18)(H,13,14,15). The Balaban J connectivity index is 2.83. The van der Waals surface area contributed by atoms with Crippen LogP contribution in [0.25, 0.3) is 0 Å².